The number of para-hydroxylation sites is 2. The standard InChI is InChI=1S/C28H30N4O2/c1-17(2)14-24-30-27-26(28-29-21-8-6-7-9-22(21)32(24)28)23(34-25(33)15-18(3)4)16-31(27)20-12-10-19(5)11-13-20/h6-13,16-18H,14-15H2,1-5H3. The molecule has 2 aromatic carbocycles. The number of nitrogens with zero attached hydrogens (tertiary/aromatic N) is 4. The minimum absolute atomic E-state index is 0.211. The number of imidazole rings is 1. The van der Waals surface area contributed by atoms with Crippen LogP contribution >= 0.6 is 0 Å². The number of hydrogen-bond acceptors (Lipinski definition) is 4. The SMILES string of the molecule is Cc1ccc(-n2cc(OC(=O)CC(C)C)c3c2nc(CC(C)C)n2c4ccccc4nc32)cc1. The molecule has 34 heavy (non-hydrogen) atoms. The first kappa shape index (κ1) is 22.1. The molecule has 5 rings (SSSR count). The van der Waals surface area contributed by atoms with Crippen LogP contribution in [-0.4, -0.2) is 24.9 Å². The van der Waals surface area contributed by atoms with Gasteiger partial charge in [0.05, 0.1) is 17.2 Å². The van der Waals surface area contributed by atoms with Crippen molar-refractivity contribution in [3.05, 3.63) is 66.1 Å². The third kappa shape index (κ3) is 3.94. The molecule has 0 radical (unpaired) electrons. The summed E-state index contributed by atoms with van der Waals surface area (Å²) in [6.45, 7) is 10.5. The average Bonchev–Trinajstić information content (AvgIpc) is 3.32. The smallest absolute Gasteiger partial charge is 0.311 e. The first-order valence-corrected chi connectivity index (χ1v) is 11.9. The van der Waals surface area contributed by atoms with E-state index in [1.54, 1.807) is 0 Å². The zero-order valence-corrected chi connectivity index (χ0v) is 20.4. The number of ether oxygens (including phenoxy) is 1. The van der Waals surface area contributed by atoms with Crippen molar-refractivity contribution in [2.24, 2.45) is 11.8 Å². The Hall–Kier alpha value is -3.67. The molecule has 6 heteroatoms. The van der Waals surface area contributed by atoms with Crippen LogP contribution in [0.1, 0.15) is 45.5 Å². The van der Waals surface area contributed by atoms with E-state index in [2.05, 4.69) is 55.5 Å². The van der Waals surface area contributed by atoms with Gasteiger partial charge >= 0.3 is 5.97 Å². The van der Waals surface area contributed by atoms with Gasteiger partial charge in [-0.25, -0.2) is 9.97 Å². The molecule has 0 aliphatic heterocycles. The van der Waals surface area contributed by atoms with Gasteiger partial charge in [0, 0.05) is 18.5 Å². The van der Waals surface area contributed by atoms with E-state index < -0.39 is 0 Å². The lowest BCUT2D eigenvalue weighted by Crippen LogP contribution is -2.11. The maximum Gasteiger partial charge on any atom is 0.311 e. The molecule has 0 fully saturated rings. The van der Waals surface area contributed by atoms with Crippen molar-refractivity contribution >= 4 is 33.7 Å². The Bertz CT molecular complexity index is 1510. The molecule has 3 aromatic heterocycles. The fourth-order valence-electron chi connectivity index (χ4n) is 4.40. The molecule has 0 N–H and O–H groups in total. The molecule has 0 unspecified atom stereocenters. The van der Waals surface area contributed by atoms with Gasteiger partial charge in [-0.3, -0.25) is 13.8 Å². The third-order valence-corrected chi connectivity index (χ3v) is 5.92. The molecule has 0 spiro atoms. The van der Waals surface area contributed by atoms with Gasteiger partial charge < -0.3 is 4.74 Å². The van der Waals surface area contributed by atoms with E-state index in [4.69, 9.17) is 14.7 Å². The highest BCUT2D eigenvalue weighted by Crippen LogP contribution is 2.35. The Kier molecular flexibility index (Phi) is 5.60. The van der Waals surface area contributed by atoms with E-state index in [9.17, 15) is 4.79 Å². The fraction of sp³-hybridized carbons (Fsp3) is 0.321. The second-order valence-corrected chi connectivity index (χ2v) is 9.86. The highest BCUT2D eigenvalue weighted by atomic mass is 16.5. The Morgan fingerprint density at radius 2 is 1.68 bits per heavy atom. The Morgan fingerprint density at radius 3 is 2.38 bits per heavy atom. The van der Waals surface area contributed by atoms with E-state index >= 15 is 0 Å². The number of aryl methyl sites for hydroxylation is 1. The summed E-state index contributed by atoms with van der Waals surface area (Å²) in [5.41, 5.74) is 5.55. The van der Waals surface area contributed by atoms with E-state index in [-0.39, 0.29) is 11.9 Å². The van der Waals surface area contributed by atoms with Crippen molar-refractivity contribution < 1.29 is 9.53 Å². The second-order valence-electron chi connectivity index (χ2n) is 9.86. The quantitative estimate of drug-likeness (QED) is 0.283. The molecule has 0 saturated carbocycles. The number of benzene rings is 2. The van der Waals surface area contributed by atoms with Gasteiger partial charge in [0.25, 0.3) is 0 Å². The van der Waals surface area contributed by atoms with Crippen molar-refractivity contribution in [2.45, 2.75) is 47.5 Å². The van der Waals surface area contributed by atoms with E-state index in [1.165, 1.54) is 5.56 Å². The molecule has 6 nitrogen and oxygen atoms in total. The van der Waals surface area contributed by atoms with Gasteiger partial charge in [-0.2, -0.15) is 0 Å². The summed E-state index contributed by atoms with van der Waals surface area (Å²) >= 11 is 0. The van der Waals surface area contributed by atoms with Crippen LogP contribution < -0.4 is 4.74 Å². The lowest BCUT2D eigenvalue weighted by molar-refractivity contribution is -0.135. The number of carbonyl (C=O) groups excluding carboxylic acids is 1. The molecular weight excluding hydrogens is 424 g/mol. The molecule has 5 aromatic rings. The van der Waals surface area contributed by atoms with Crippen molar-refractivity contribution in [3.8, 4) is 11.4 Å². The number of fused-ring (bicyclic) bond motifs is 5. The number of aromatic nitrogens is 4. The van der Waals surface area contributed by atoms with Crippen LogP contribution in [0.3, 0.4) is 0 Å². The summed E-state index contributed by atoms with van der Waals surface area (Å²) in [6, 6.07) is 16.3. The summed E-state index contributed by atoms with van der Waals surface area (Å²) in [6.07, 6.45) is 3.02. The van der Waals surface area contributed by atoms with Gasteiger partial charge in [0.1, 0.15) is 11.2 Å². The maximum absolute atomic E-state index is 12.7. The number of rotatable bonds is 6. The first-order chi connectivity index (χ1) is 16.3. The Morgan fingerprint density at radius 1 is 0.941 bits per heavy atom. The number of hydrogen-bond donors (Lipinski definition) is 0. The molecule has 0 aliphatic rings. The van der Waals surface area contributed by atoms with Gasteiger partial charge in [0.2, 0.25) is 0 Å². The Balaban J connectivity index is 1.85. The van der Waals surface area contributed by atoms with Crippen LogP contribution in [0.15, 0.2) is 54.7 Å². The second kappa shape index (κ2) is 8.60. The fourth-order valence-corrected chi connectivity index (χ4v) is 4.40. The summed E-state index contributed by atoms with van der Waals surface area (Å²) in [5.74, 6) is 1.81. The zero-order valence-electron chi connectivity index (χ0n) is 20.4. The normalized spacial score (nSPS) is 12.0. The van der Waals surface area contributed by atoms with E-state index in [0.29, 0.717) is 18.1 Å². The van der Waals surface area contributed by atoms with Gasteiger partial charge in [-0.15, -0.1) is 0 Å². The molecule has 0 saturated heterocycles. The number of esters is 1. The van der Waals surface area contributed by atoms with Gasteiger partial charge in [-0.1, -0.05) is 57.5 Å². The van der Waals surface area contributed by atoms with E-state index in [0.717, 1.165) is 45.6 Å². The predicted molar refractivity (Wildman–Crippen MR) is 136 cm³/mol. The largest absolute Gasteiger partial charge is 0.424 e. The van der Waals surface area contributed by atoms with Crippen molar-refractivity contribution in [3.63, 3.8) is 0 Å². The summed E-state index contributed by atoms with van der Waals surface area (Å²) in [7, 11) is 0. The van der Waals surface area contributed by atoms with Crippen LogP contribution in [0.25, 0.3) is 33.4 Å². The predicted octanol–water partition coefficient (Wildman–Crippen LogP) is 6.28. The minimum atomic E-state index is -0.251. The topological polar surface area (TPSA) is 61.4 Å². The number of carbonyl (C=O) groups is 1. The lowest BCUT2D eigenvalue weighted by Gasteiger charge is -2.11. The molecule has 0 bridgehead atoms. The van der Waals surface area contributed by atoms with E-state index in [1.807, 2.05) is 42.8 Å². The van der Waals surface area contributed by atoms with Crippen molar-refractivity contribution in [1.82, 2.24) is 18.9 Å². The first-order valence-electron chi connectivity index (χ1n) is 11.9. The van der Waals surface area contributed by atoms with Gasteiger partial charge in [0.15, 0.2) is 17.0 Å². The van der Waals surface area contributed by atoms with Crippen LogP contribution in [0.2, 0.25) is 0 Å². The minimum Gasteiger partial charge on any atom is -0.424 e. The van der Waals surface area contributed by atoms with Crippen LogP contribution in [0.4, 0.5) is 0 Å². The van der Waals surface area contributed by atoms with Crippen LogP contribution in [0, 0.1) is 18.8 Å². The summed E-state index contributed by atoms with van der Waals surface area (Å²) < 4.78 is 10.1. The molecule has 0 aliphatic carbocycles. The highest BCUT2D eigenvalue weighted by molar-refractivity contribution is 6.01. The third-order valence-electron chi connectivity index (χ3n) is 5.92. The average molecular weight is 455 g/mol. The summed E-state index contributed by atoms with van der Waals surface area (Å²) in [4.78, 5) is 22.8. The zero-order chi connectivity index (χ0) is 24.0. The maximum atomic E-state index is 12.7. The summed E-state index contributed by atoms with van der Waals surface area (Å²) in [5, 5.41) is 0.751. The van der Waals surface area contributed by atoms with Gasteiger partial charge in [-0.05, 0) is 43.0 Å². The highest BCUT2D eigenvalue weighted by Gasteiger charge is 2.23. The van der Waals surface area contributed by atoms with Crippen LogP contribution in [0.5, 0.6) is 5.75 Å². The molecule has 3 heterocycles. The van der Waals surface area contributed by atoms with Crippen LogP contribution in [-0.2, 0) is 11.2 Å². The molecule has 174 valence electrons. The molecular formula is C28H30N4O2. The Labute approximate surface area is 199 Å². The lowest BCUT2D eigenvalue weighted by atomic mass is 10.1. The monoisotopic (exact) mass is 454 g/mol. The van der Waals surface area contributed by atoms with Crippen molar-refractivity contribution in [2.75, 3.05) is 0 Å². The van der Waals surface area contributed by atoms with Crippen molar-refractivity contribution in [1.29, 1.82) is 0 Å². The molecule has 0 atom stereocenters. The molecule has 0 amide bonds.